The van der Waals surface area contributed by atoms with Crippen LogP contribution in [0.5, 0.6) is 0 Å². The average Bonchev–Trinajstić information content (AvgIpc) is 2.65. The highest BCUT2D eigenvalue weighted by molar-refractivity contribution is 7.96. The predicted octanol–water partition coefficient (Wildman–Crippen LogP) is 1.95. The molecule has 0 fully saturated rings. The molecule has 3 rings (SSSR count). The van der Waals surface area contributed by atoms with Crippen LogP contribution >= 0.6 is 7.26 Å². The summed E-state index contributed by atoms with van der Waals surface area (Å²) in [6, 6.07) is 33.1. The van der Waals surface area contributed by atoms with Gasteiger partial charge in [-0.1, -0.05) is 60.7 Å². The van der Waals surface area contributed by atoms with E-state index in [-0.39, 0.29) is 17.0 Å². The van der Waals surface area contributed by atoms with Gasteiger partial charge in [0.1, 0.15) is 23.2 Å². The van der Waals surface area contributed by atoms with Crippen LogP contribution in [0.3, 0.4) is 0 Å². The largest absolute Gasteiger partial charge is 1.00 e. The SMILES string of the molecule is C/C=C/C(C)[P+](c1ccccc1)(c1ccccc1)c1ccccc1.[Br-]. The molecule has 0 spiro atoms. The molecule has 3 aromatic carbocycles. The van der Waals surface area contributed by atoms with Crippen LogP contribution in [0.15, 0.2) is 103 Å². The number of hydrogen-bond donors (Lipinski definition) is 0. The second-order valence-corrected chi connectivity index (χ2v) is 9.80. The molecule has 3 aromatic rings. The molecule has 0 amide bonds. The van der Waals surface area contributed by atoms with Gasteiger partial charge in [0.05, 0.1) is 5.66 Å². The van der Waals surface area contributed by atoms with Gasteiger partial charge in [0.2, 0.25) is 0 Å². The third-order valence-corrected chi connectivity index (χ3v) is 9.30. The summed E-state index contributed by atoms with van der Waals surface area (Å²) in [5, 5.41) is 4.31. The van der Waals surface area contributed by atoms with E-state index in [9.17, 15) is 0 Å². The summed E-state index contributed by atoms with van der Waals surface area (Å²) in [5.41, 5.74) is 0.440. The molecular weight excluding hydrogens is 387 g/mol. The smallest absolute Gasteiger partial charge is 0.118 e. The zero-order valence-corrected chi connectivity index (χ0v) is 17.2. The lowest BCUT2D eigenvalue weighted by Gasteiger charge is -2.31. The summed E-state index contributed by atoms with van der Waals surface area (Å²) in [4.78, 5) is 0. The Hall–Kier alpha value is -1.69. The van der Waals surface area contributed by atoms with Gasteiger partial charge >= 0.3 is 0 Å². The number of hydrogen-bond acceptors (Lipinski definition) is 0. The van der Waals surface area contributed by atoms with Crippen LogP contribution in [0.2, 0.25) is 0 Å². The fourth-order valence-electron chi connectivity index (χ4n) is 3.55. The highest BCUT2D eigenvalue weighted by Crippen LogP contribution is 2.59. The number of allylic oxidation sites excluding steroid dienone is 2. The molecule has 0 nitrogen and oxygen atoms in total. The van der Waals surface area contributed by atoms with E-state index in [1.807, 2.05) is 0 Å². The van der Waals surface area contributed by atoms with E-state index in [4.69, 9.17) is 0 Å². The van der Waals surface area contributed by atoms with Gasteiger partial charge in [0.15, 0.2) is 0 Å². The second-order valence-electron chi connectivity index (χ2n) is 6.00. The van der Waals surface area contributed by atoms with E-state index in [0.29, 0.717) is 5.66 Å². The quantitative estimate of drug-likeness (QED) is 0.445. The first-order valence-corrected chi connectivity index (χ1v) is 10.3. The first-order valence-electron chi connectivity index (χ1n) is 8.48. The van der Waals surface area contributed by atoms with Crippen LogP contribution in [0.4, 0.5) is 0 Å². The summed E-state index contributed by atoms with van der Waals surface area (Å²) in [6.45, 7) is 4.48. The minimum atomic E-state index is -1.75. The van der Waals surface area contributed by atoms with Crippen LogP contribution in [-0.2, 0) is 0 Å². The molecule has 25 heavy (non-hydrogen) atoms. The van der Waals surface area contributed by atoms with Crippen LogP contribution < -0.4 is 32.9 Å². The Morgan fingerprint density at radius 3 is 1.24 bits per heavy atom. The van der Waals surface area contributed by atoms with Crippen molar-refractivity contribution in [2.75, 3.05) is 0 Å². The third-order valence-electron chi connectivity index (χ3n) is 4.57. The van der Waals surface area contributed by atoms with Gasteiger partial charge in [-0.05, 0) is 56.3 Å². The Morgan fingerprint density at radius 2 is 0.960 bits per heavy atom. The topological polar surface area (TPSA) is 0 Å². The molecule has 0 saturated heterocycles. The second kappa shape index (κ2) is 9.13. The molecule has 0 N–H and O–H groups in total. The molecule has 0 radical (unpaired) electrons. The van der Waals surface area contributed by atoms with Crippen molar-refractivity contribution in [3.63, 3.8) is 0 Å². The van der Waals surface area contributed by atoms with E-state index < -0.39 is 7.26 Å². The number of halogens is 1. The Morgan fingerprint density at radius 1 is 0.640 bits per heavy atom. The van der Waals surface area contributed by atoms with E-state index in [0.717, 1.165) is 0 Å². The van der Waals surface area contributed by atoms with Gasteiger partial charge in [-0.25, -0.2) is 0 Å². The summed E-state index contributed by atoms with van der Waals surface area (Å²) in [5.74, 6) is 0. The van der Waals surface area contributed by atoms with Crippen LogP contribution in [0.1, 0.15) is 13.8 Å². The van der Waals surface area contributed by atoms with Gasteiger partial charge in [-0.15, -0.1) is 0 Å². The molecule has 0 aromatic heterocycles. The standard InChI is InChI=1S/C23H24P.BrH/c1-3-13-20(2)24(21-14-7-4-8-15-21,22-16-9-5-10-17-22)23-18-11-6-12-19-23;/h3-20H,1-2H3;1H/q+1;/p-1/b13-3+;. The molecule has 0 aliphatic carbocycles. The summed E-state index contributed by atoms with van der Waals surface area (Å²) >= 11 is 0. The Labute approximate surface area is 162 Å². The van der Waals surface area contributed by atoms with Crippen molar-refractivity contribution >= 4 is 23.2 Å². The molecule has 1 unspecified atom stereocenters. The molecular formula is C23H24BrP. The fraction of sp³-hybridized carbons (Fsp3) is 0.130. The maximum atomic E-state index is 2.36. The fourth-order valence-corrected chi connectivity index (χ4v) is 8.21. The maximum absolute atomic E-state index is 2.36. The van der Waals surface area contributed by atoms with Crippen molar-refractivity contribution in [2.24, 2.45) is 0 Å². The molecule has 2 heteroatoms. The molecule has 128 valence electrons. The van der Waals surface area contributed by atoms with Gasteiger partial charge in [-0.3, -0.25) is 0 Å². The first kappa shape index (κ1) is 19.6. The van der Waals surface area contributed by atoms with E-state index >= 15 is 0 Å². The molecule has 0 bridgehead atoms. The van der Waals surface area contributed by atoms with Gasteiger partial charge < -0.3 is 17.0 Å². The van der Waals surface area contributed by atoms with Crippen LogP contribution in [-0.4, -0.2) is 5.66 Å². The number of rotatable bonds is 5. The van der Waals surface area contributed by atoms with Crippen LogP contribution in [0.25, 0.3) is 0 Å². The normalized spacial score (nSPS) is 12.6. The molecule has 1 atom stereocenters. The van der Waals surface area contributed by atoms with E-state index in [1.165, 1.54) is 15.9 Å². The minimum Gasteiger partial charge on any atom is -1.00 e. The zero-order chi connectivity index (χ0) is 16.8. The molecule has 0 saturated carbocycles. The summed E-state index contributed by atoms with van der Waals surface area (Å²) in [6.07, 6.45) is 4.55. The lowest BCUT2D eigenvalue weighted by Crippen LogP contribution is -3.00. The minimum absolute atomic E-state index is 0. The van der Waals surface area contributed by atoms with Crippen molar-refractivity contribution in [3.8, 4) is 0 Å². The van der Waals surface area contributed by atoms with Crippen LogP contribution in [0, 0.1) is 0 Å². The summed E-state index contributed by atoms with van der Waals surface area (Å²) < 4.78 is 0. The van der Waals surface area contributed by atoms with E-state index in [1.54, 1.807) is 0 Å². The Bertz CT molecular complexity index is 685. The molecule has 0 heterocycles. The van der Waals surface area contributed by atoms with Gasteiger partial charge in [-0.2, -0.15) is 0 Å². The third kappa shape index (κ3) is 3.78. The zero-order valence-electron chi connectivity index (χ0n) is 14.7. The maximum Gasteiger partial charge on any atom is 0.118 e. The van der Waals surface area contributed by atoms with Crippen molar-refractivity contribution in [3.05, 3.63) is 103 Å². The Balaban J connectivity index is 0.00000225. The monoisotopic (exact) mass is 410 g/mol. The van der Waals surface area contributed by atoms with Gasteiger partial charge in [0.25, 0.3) is 0 Å². The highest BCUT2D eigenvalue weighted by atomic mass is 79.9. The van der Waals surface area contributed by atoms with Crippen molar-refractivity contribution in [2.45, 2.75) is 19.5 Å². The Kier molecular flexibility index (Phi) is 7.17. The van der Waals surface area contributed by atoms with E-state index in [2.05, 4.69) is 117 Å². The summed E-state index contributed by atoms with van der Waals surface area (Å²) in [7, 11) is -1.75. The van der Waals surface area contributed by atoms with Crippen molar-refractivity contribution in [1.82, 2.24) is 0 Å². The lowest BCUT2D eigenvalue weighted by atomic mass is 10.3. The van der Waals surface area contributed by atoms with Crippen molar-refractivity contribution in [1.29, 1.82) is 0 Å². The molecule has 0 aliphatic heterocycles. The lowest BCUT2D eigenvalue weighted by molar-refractivity contribution is -0.00000474. The number of benzene rings is 3. The average molecular weight is 411 g/mol. The highest BCUT2D eigenvalue weighted by Gasteiger charge is 2.49. The predicted molar refractivity (Wildman–Crippen MR) is 109 cm³/mol. The van der Waals surface area contributed by atoms with Crippen molar-refractivity contribution < 1.29 is 17.0 Å². The van der Waals surface area contributed by atoms with Gasteiger partial charge in [0, 0.05) is 0 Å². The first-order chi connectivity index (χ1) is 11.8. The molecule has 0 aliphatic rings.